The van der Waals surface area contributed by atoms with Crippen LogP contribution in [0.15, 0.2) is 24.3 Å². The van der Waals surface area contributed by atoms with Crippen LogP contribution in [-0.4, -0.2) is 51.2 Å². The molecule has 1 heterocycles. The second kappa shape index (κ2) is 6.98. The van der Waals surface area contributed by atoms with Gasteiger partial charge in [0.2, 0.25) is 0 Å². The minimum Gasteiger partial charge on any atom is -0.375 e. The Bertz CT molecular complexity index is 364. The molecule has 1 aliphatic heterocycles. The predicted octanol–water partition coefficient (Wildman–Crippen LogP) is 2.07. The van der Waals surface area contributed by atoms with Crippen LogP contribution in [0.3, 0.4) is 0 Å². The molecule has 2 rings (SSSR count). The molecule has 1 aromatic rings. The lowest BCUT2D eigenvalue weighted by Gasteiger charge is -2.28. The lowest BCUT2D eigenvalue weighted by Crippen LogP contribution is -2.44. The molecule has 0 atom stereocenters. The van der Waals surface area contributed by atoms with E-state index in [2.05, 4.69) is 28.2 Å². The Labute approximate surface area is 115 Å². The van der Waals surface area contributed by atoms with Crippen LogP contribution < -0.4 is 10.2 Å². The number of nitrogens with zero attached hydrogens (tertiary/aromatic N) is 2. The van der Waals surface area contributed by atoms with Gasteiger partial charge in [0.1, 0.15) is 0 Å². The molecule has 0 bridgehead atoms. The summed E-state index contributed by atoms with van der Waals surface area (Å²) in [6, 6.07) is 8.05. The Balaban J connectivity index is 1.72. The second-order valence-electron chi connectivity index (χ2n) is 4.85. The van der Waals surface area contributed by atoms with Crippen LogP contribution in [0.4, 0.5) is 5.69 Å². The third-order valence-electron chi connectivity index (χ3n) is 3.43. The number of benzene rings is 1. The summed E-state index contributed by atoms with van der Waals surface area (Å²) in [6.07, 6.45) is 1.20. The van der Waals surface area contributed by atoms with Gasteiger partial charge in [-0.1, -0.05) is 17.7 Å². The molecule has 1 aliphatic rings. The van der Waals surface area contributed by atoms with Crippen molar-refractivity contribution in [2.24, 2.45) is 0 Å². The van der Waals surface area contributed by atoms with Crippen LogP contribution in [0, 0.1) is 0 Å². The van der Waals surface area contributed by atoms with Gasteiger partial charge in [0.15, 0.2) is 0 Å². The van der Waals surface area contributed by atoms with Crippen LogP contribution >= 0.6 is 11.6 Å². The van der Waals surface area contributed by atoms with Gasteiger partial charge in [-0.3, -0.25) is 0 Å². The van der Waals surface area contributed by atoms with E-state index in [9.17, 15) is 0 Å². The molecule has 1 aromatic carbocycles. The molecule has 0 amide bonds. The summed E-state index contributed by atoms with van der Waals surface area (Å²) in [7, 11) is 2.13. The molecule has 1 saturated heterocycles. The molecule has 0 aliphatic carbocycles. The fourth-order valence-electron chi connectivity index (χ4n) is 2.31. The molecule has 0 saturated carbocycles. The van der Waals surface area contributed by atoms with Gasteiger partial charge in [0.05, 0.1) is 0 Å². The minimum absolute atomic E-state index is 0.807. The molecule has 3 nitrogen and oxygen atoms in total. The largest absolute Gasteiger partial charge is 0.375 e. The molecular weight excluding hydrogens is 246 g/mol. The van der Waals surface area contributed by atoms with Crippen molar-refractivity contribution in [1.82, 2.24) is 10.2 Å². The van der Waals surface area contributed by atoms with E-state index < -0.39 is 0 Å². The standard InChI is InChI=1S/C14H22ClN3/c1-17(14-5-2-4-13(15)12-14)8-3-9-18-10-6-16-7-11-18/h2,4-5,12,16H,3,6-11H2,1H3. The highest BCUT2D eigenvalue weighted by atomic mass is 35.5. The summed E-state index contributed by atoms with van der Waals surface area (Å²) in [5.41, 5.74) is 1.20. The number of piperazine rings is 1. The monoisotopic (exact) mass is 267 g/mol. The van der Waals surface area contributed by atoms with E-state index in [0.29, 0.717) is 0 Å². The Morgan fingerprint density at radius 1 is 1.33 bits per heavy atom. The van der Waals surface area contributed by atoms with Crippen LogP contribution in [0.1, 0.15) is 6.42 Å². The van der Waals surface area contributed by atoms with Gasteiger partial charge in [0.25, 0.3) is 0 Å². The number of rotatable bonds is 5. The van der Waals surface area contributed by atoms with Gasteiger partial charge >= 0.3 is 0 Å². The maximum absolute atomic E-state index is 6.00. The predicted molar refractivity (Wildman–Crippen MR) is 78.6 cm³/mol. The summed E-state index contributed by atoms with van der Waals surface area (Å²) in [5, 5.41) is 4.19. The van der Waals surface area contributed by atoms with Crippen molar-refractivity contribution in [3.8, 4) is 0 Å². The van der Waals surface area contributed by atoms with Gasteiger partial charge in [-0.05, 0) is 31.2 Å². The topological polar surface area (TPSA) is 18.5 Å². The molecule has 18 heavy (non-hydrogen) atoms. The molecule has 1 N–H and O–H groups in total. The van der Waals surface area contributed by atoms with Gasteiger partial charge in [0, 0.05) is 50.5 Å². The molecule has 4 heteroatoms. The van der Waals surface area contributed by atoms with E-state index in [4.69, 9.17) is 11.6 Å². The highest BCUT2D eigenvalue weighted by Gasteiger charge is 2.09. The highest BCUT2D eigenvalue weighted by Crippen LogP contribution is 2.18. The Kier molecular flexibility index (Phi) is 5.29. The SMILES string of the molecule is CN(CCCN1CCNCC1)c1cccc(Cl)c1. The first-order chi connectivity index (χ1) is 8.75. The lowest BCUT2D eigenvalue weighted by atomic mass is 10.2. The fourth-order valence-corrected chi connectivity index (χ4v) is 2.49. The van der Waals surface area contributed by atoms with E-state index in [1.165, 1.54) is 31.7 Å². The average Bonchev–Trinajstić information content (AvgIpc) is 2.40. The minimum atomic E-state index is 0.807. The Morgan fingerprint density at radius 3 is 2.83 bits per heavy atom. The molecular formula is C14H22ClN3. The van der Waals surface area contributed by atoms with Crippen molar-refractivity contribution >= 4 is 17.3 Å². The summed E-state index contributed by atoms with van der Waals surface area (Å²) in [4.78, 5) is 4.80. The van der Waals surface area contributed by atoms with E-state index in [-0.39, 0.29) is 0 Å². The highest BCUT2D eigenvalue weighted by molar-refractivity contribution is 6.30. The summed E-state index contributed by atoms with van der Waals surface area (Å²) >= 11 is 6.00. The molecule has 100 valence electrons. The first-order valence-electron chi connectivity index (χ1n) is 6.65. The second-order valence-corrected chi connectivity index (χ2v) is 5.28. The van der Waals surface area contributed by atoms with Crippen LogP contribution in [-0.2, 0) is 0 Å². The van der Waals surface area contributed by atoms with Gasteiger partial charge in [-0.25, -0.2) is 0 Å². The maximum atomic E-state index is 6.00. The van der Waals surface area contributed by atoms with E-state index in [0.717, 1.165) is 24.7 Å². The van der Waals surface area contributed by atoms with Crippen molar-refractivity contribution < 1.29 is 0 Å². The Morgan fingerprint density at radius 2 is 2.11 bits per heavy atom. The van der Waals surface area contributed by atoms with E-state index in [1.54, 1.807) is 0 Å². The molecule has 0 unspecified atom stereocenters. The van der Waals surface area contributed by atoms with Crippen LogP contribution in [0.25, 0.3) is 0 Å². The first-order valence-corrected chi connectivity index (χ1v) is 7.03. The van der Waals surface area contributed by atoms with Crippen LogP contribution in [0.5, 0.6) is 0 Å². The first kappa shape index (κ1) is 13.7. The zero-order chi connectivity index (χ0) is 12.8. The zero-order valence-corrected chi connectivity index (χ0v) is 11.8. The third kappa shape index (κ3) is 4.16. The maximum Gasteiger partial charge on any atom is 0.0426 e. The molecule has 0 spiro atoms. The third-order valence-corrected chi connectivity index (χ3v) is 3.66. The number of halogens is 1. The van der Waals surface area contributed by atoms with Crippen molar-refractivity contribution in [3.05, 3.63) is 29.3 Å². The molecule has 0 aromatic heterocycles. The lowest BCUT2D eigenvalue weighted by molar-refractivity contribution is 0.239. The number of anilines is 1. The Hall–Kier alpha value is -0.770. The van der Waals surface area contributed by atoms with Gasteiger partial charge < -0.3 is 15.1 Å². The number of nitrogens with one attached hydrogen (secondary N) is 1. The smallest absolute Gasteiger partial charge is 0.0426 e. The average molecular weight is 268 g/mol. The van der Waals surface area contributed by atoms with Crippen molar-refractivity contribution in [1.29, 1.82) is 0 Å². The summed E-state index contributed by atoms with van der Waals surface area (Å²) in [6.45, 7) is 6.88. The van der Waals surface area contributed by atoms with Crippen molar-refractivity contribution in [3.63, 3.8) is 0 Å². The zero-order valence-electron chi connectivity index (χ0n) is 11.0. The number of hydrogen-bond acceptors (Lipinski definition) is 3. The van der Waals surface area contributed by atoms with Gasteiger partial charge in [-0.2, -0.15) is 0 Å². The van der Waals surface area contributed by atoms with Gasteiger partial charge in [-0.15, -0.1) is 0 Å². The summed E-state index contributed by atoms with van der Waals surface area (Å²) in [5.74, 6) is 0. The molecule has 0 radical (unpaired) electrons. The quantitative estimate of drug-likeness (QED) is 0.881. The van der Waals surface area contributed by atoms with Crippen molar-refractivity contribution in [2.45, 2.75) is 6.42 Å². The molecule has 1 fully saturated rings. The van der Waals surface area contributed by atoms with Crippen LogP contribution in [0.2, 0.25) is 5.02 Å². The normalized spacial score (nSPS) is 16.8. The van der Waals surface area contributed by atoms with E-state index >= 15 is 0 Å². The van der Waals surface area contributed by atoms with E-state index in [1.807, 2.05) is 18.2 Å². The summed E-state index contributed by atoms with van der Waals surface area (Å²) < 4.78 is 0. The van der Waals surface area contributed by atoms with Crippen molar-refractivity contribution in [2.75, 3.05) is 51.2 Å². The fraction of sp³-hybridized carbons (Fsp3) is 0.571. The number of hydrogen-bond donors (Lipinski definition) is 1.